The van der Waals surface area contributed by atoms with Crippen LogP contribution in [-0.4, -0.2) is 40.2 Å². The number of anilines is 1. The van der Waals surface area contributed by atoms with Gasteiger partial charge in [0.1, 0.15) is 5.76 Å². The number of aliphatic hydroxyl groups is 1. The van der Waals surface area contributed by atoms with Gasteiger partial charge in [0.05, 0.1) is 24.8 Å². The van der Waals surface area contributed by atoms with E-state index in [0.717, 1.165) is 12.0 Å². The first-order valence-electron chi connectivity index (χ1n) is 14.1. The molecule has 0 bridgehead atoms. The van der Waals surface area contributed by atoms with Crippen LogP contribution in [0.25, 0.3) is 0 Å². The average molecular weight is 654 g/mol. The molecule has 0 fully saturated rings. The molecule has 0 saturated heterocycles. The molecule has 0 radical (unpaired) electrons. The number of halogens is 1. The van der Waals surface area contributed by atoms with Gasteiger partial charge >= 0.3 is 0 Å². The van der Waals surface area contributed by atoms with Crippen LogP contribution in [0.2, 0.25) is 5.02 Å². The molecule has 0 saturated carbocycles. The number of ether oxygens (including phenoxy) is 2. The number of aliphatic hydroxyl groups excluding tert-OH is 1. The van der Waals surface area contributed by atoms with Crippen molar-refractivity contribution < 1.29 is 28.6 Å². The monoisotopic (exact) mass is 653 g/mol. The van der Waals surface area contributed by atoms with Crippen molar-refractivity contribution in [2.75, 3.05) is 18.1 Å². The summed E-state index contributed by atoms with van der Waals surface area (Å²) < 4.78 is 18.1. The van der Waals surface area contributed by atoms with Crippen LogP contribution in [0.4, 0.5) is 5.13 Å². The summed E-state index contributed by atoms with van der Waals surface area (Å²) >= 11 is 8.65. The molecular weight excluding hydrogens is 622 g/mol. The molecule has 1 aliphatic rings. The molecule has 230 valence electrons. The molecule has 4 aromatic rings. The van der Waals surface area contributed by atoms with Crippen molar-refractivity contribution in [2.24, 2.45) is 5.92 Å². The summed E-state index contributed by atoms with van der Waals surface area (Å²) in [5, 5.41) is 20.6. The molecule has 5 rings (SSSR count). The predicted octanol–water partition coefficient (Wildman–Crippen LogP) is 7.99. The van der Waals surface area contributed by atoms with Crippen molar-refractivity contribution >= 4 is 51.5 Å². The number of carbonyl (C=O) groups excluding carboxylic acids is 2. The van der Waals surface area contributed by atoms with Crippen LogP contribution in [0, 0.1) is 12.8 Å². The zero-order valence-electron chi connectivity index (χ0n) is 24.7. The quantitative estimate of drug-likeness (QED) is 0.0871. The highest BCUT2D eigenvalue weighted by Gasteiger charge is 2.47. The van der Waals surface area contributed by atoms with Crippen LogP contribution in [0.1, 0.15) is 60.7 Å². The second kappa shape index (κ2) is 13.9. The minimum atomic E-state index is -1.02. The Labute approximate surface area is 268 Å². The molecule has 0 spiro atoms. The fourth-order valence-corrected chi connectivity index (χ4v) is 6.56. The van der Waals surface area contributed by atoms with Crippen LogP contribution in [0.3, 0.4) is 0 Å². The predicted molar refractivity (Wildman–Crippen MR) is 171 cm³/mol. The number of Topliss-reactive ketones (excluding diaryl/α,β-unsaturated/α-hetero) is 1. The number of rotatable bonds is 13. The van der Waals surface area contributed by atoms with E-state index in [0.29, 0.717) is 57.1 Å². The van der Waals surface area contributed by atoms with Gasteiger partial charge in [-0.25, -0.2) is 0 Å². The summed E-state index contributed by atoms with van der Waals surface area (Å²) in [7, 11) is 0. The highest BCUT2D eigenvalue weighted by molar-refractivity contribution is 8.00. The summed E-state index contributed by atoms with van der Waals surface area (Å²) in [5.41, 5.74) is 1.46. The Morgan fingerprint density at radius 1 is 1.11 bits per heavy atom. The van der Waals surface area contributed by atoms with E-state index in [2.05, 4.69) is 24.0 Å². The van der Waals surface area contributed by atoms with E-state index in [4.69, 9.17) is 25.5 Å². The van der Waals surface area contributed by atoms with E-state index in [1.165, 1.54) is 34.1 Å². The molecule has 0 aliphatic carbocycles. The van der Waals surface area contributed by atoms with Crippen molar-refractivity contribution in [1.82, 2.24) is 10.2 Å². The van der Waals surface area contributed by atoms with Crippen LogP contribution >= 0.6 is 34.7 Å². The lowest BCUT2D eigenvalue weighted by Crippen LogP contribution is -2.31. The molecule has 12 heteroatoms. The molecule has 1 N–H and O–H groups in total. The summed E-state index contributed by atoms with van der Waals surface area (Å²) in [5.74, 6) is 0.598. The lowest BCUT2D eigenvalue weighted by molar-refractivity contribution is -0.117. The van der Waals surface area contributed by atoms with Gasteiger partial charge in [0.2, 0.25) is 10.9 Å². The average Bonchev–Trinajstić information content (AvgIpc) is 3.71. The van der Waals surface area contributed by atoms with Gasteiger partial charge in [-0.2, -0.15) is 0 Å². The number of aromatic nitrogens is 2. The lowest BCUT2D eigenvalue weighted by atomic mass is 9.95. The minimum Gasteiger partial charge on any atom is -0.503 e. The number of amides is 1. The van der Waals surface area contributed by atoms with Gasteiger partial charge in [-0.05, 0) is 73.7 Å². The Bertz CT molecular complexity index is 1680. The highest BCUT2D eigenvalue weighted by atomic mass is 35.5. The van der Waals surface area contributed by atoms with Gasteiger partial charge in [0.25, 0.3) is 5.91 Å². The van der Waals surface area contributed by atoms with E-state index in [1.807, 2.05) is 31.2 Å². The summed E-state index contributed by atoms with van der Waals surface area (Å²) in [4.78, 5) is 28.7. The number of hydrogen-bond donors (Lipinski definition) is 1. The fraction of sp³-hybridized carbons (Fsp3) is 0.312. The zero-order valence-corrected chi connectivity index (χ0v) is 27.1. The molecule has 3 heterocycles. The number of thioether (sulfide) groups is 1. The Balaban J connectivity index is 1.51. The molecule has 9 nitrogen and oxygen atoms in total. The van der Waals surface area contributed by atoms with E-state index < -0.39 is 23.5 Å². The van der Waals surface area contributed by atoms with Crippen molar-refractivity contribution in [2.45, 2.75) is 50.3 Å². The molecule has 1 atom stereocenters. The van der Waals surface area contributed by atoms with Gasteiger partial charge in [-0.1, -0.05) is 66.7 Å². The first-order chi connectivity index (χ1) is 21.2. The van der Waals surface area contributed by atoms with Gasteiger partial charge in [0, 0.05) is 10.8 Å². The number of benzene rings is 2. The Hall–Kier alpha value is -3.80. The molecule has 1 unspecified atom stereocenters. The van der Waals surface area contributed by atoms with Gasteiger partial charge < -0.3 is 19.0 Å². The number of nitrogens with zero attached hydrogens (tertiary/aromatic N) is 3. The van der Waals surface area contributed by atoms with Crippen LogP contribution in [-0.2, 0) is 10.5 Å². The van der Waals surface area contributed by atoms with E-state index in [1.54, 1.807) is 31.2 Å². The van der Waals surface area contributed by atoms with E-state index in [9.17, 15) is 14.7 Å². The van der Waals surface area contributed by atoms with Gasteiger partial charge in [-0.15, -0.1) is 10.2 Å². The summed E-state index contributed by atoms with van der Waals surface area (Å²) in [6.07, 6.45) is 0.867. The standard InChI is InChI=1S/C32H32ClN3O6S2/c1-5-40-25-16-21(9-13-23(25)41-15-14-18(2)3)27-26(28(37)24-12-6-19(4)42-24)29(38)30(39)36(27)31-34-35-32(44-31)43-17-20-7-10-22(33)11-8-20/h6-13,16,18,27,38H,5,14-15,17H2,1-4H3. The third-order valence-electron chi connectivity index (χ3n) is 6.83. The normalized spacial score (nSPS) is 15.0. The maximum Gasteiger partial charge on any atom is 0.296 e. The first-order valence-corrected chi connectivity index (χ1v) is 16.3. The molecule has 2 aromatic carbocycles. The number of furan rings is 1. The minimum absolute atomic E-state index is 0.0128. The molecule has 1 aliphatic heterocycles. The third kappa shape index (κ3) is 6.95. The summed E-state index contributed by atoms with van der Waals surface area (Å²) in [6.45, 7) is 8.70. The molecule has 1 amide bonds. The van der Waals surface area contributed by atoms with E-state index in [-0.39, 0.29) is 16.5 Å². The fourth-order valence-electron chi connectivity index (χ4n) is 4.61. The highest BCUT2D eigenvalue weighted by Crippen LogP contribution is 2.45. The molecule has 2 aromatic heterocycles. The molecular formula is C32H32ClN3O6S2. The Morgan fingerprint density at radius 2 is 1.89 bits per heavy atom. The third-order valence-corrected chi connectivity index (χ3v) is 9.21. The number of aryl methyl sites for hydroxylation is 1. The Kier molecular flexibility index (Phi) is 9.97. The van der Waals surface area contributed by atoms with Crippen molar-refractivity contribution in [3.05, 3.63) is 93.6 Å². The zero-order chi connectivity index (χ0) is 31.4. The van der Waals surface area contributed by atoms with Crippen LogP contribution < -0.4 is 14.4 Å². The second-order valence-electron chi connectivity index (χ2n) is 10.5. The summed E-state index contributed by atoms with van der Waals surface area (Å²) in [6, 6.07) is 14.9. The second-order valence-corrected chi connectivity index (χ2v) is 13.1. The number of hydrogen-bond acceptors (Lipinski definition) is 10. The topological polar surface area (TPSA) is 115 Å². The van der Waals surface area contributed by atoms with Crippen molar-refractivity contribution in [3.8, 4) is 11.5 Å². The number of carbonyl (C=O) groups is 2. The van der Waals surface area contributed by atoms with Crippen molar-refractivity contribution in [1.29, 1.82) is 0 Å². The lowest BCUT2D eigenvalue weighted by Gasteiger charge is -2.25. The van der Waals surface area contributed by atoms with E-state index >= 15 is 0 Å². The van der Waals surface area contributed by atoms with Crippen LogP contribution in [0.5, 0.6) is 11.5 Å². The SMILES string of the molecule is CCOc1cc(C2C(C(=O)c3ccc(C)o3)=C(O)C(=O)N2c2nnc(SCc3ccc(Cl)cc3)s2)ccc1OCCC(C)C. The smallest absolute Gasteiger partial charge is 0.296 e. The maximum absolute atomic E-state index is 13.8. The number of ketones is 1. The maximum atomic E-state index is 13.8. The van der Waals surface area contributed by atoms with Crippen molar-refractivity contribution in [3.63, 3.8) is 0 Å². The first kappa shape index (κ1) is 31.6. The van der Waals surface area contributed by atoms with Crippen LogP contribution in [0.15, 0.2) is 74.7 Å². The molecule has 44 heavy (non-hydrogen) atoms. The Morgan fingerprint density at radius 3 is 2.57 bits per heavy atom. The largest absolute Gasteiger partial charge is 0.503 e. The van der Waals surface area contributed by atoms with Gasteiger partial charge in [-0.3, -0.25) is 14.5 Å². The van der Waals surface area contributed by atoms with Gasteiger partial charge in [0.15, 0.2) is 27.4 Å².